The van der Waals surface area contributed by atoms with Crippen molar-refractivity contribution in [1.29, 1.82) is 0 Å². The van der Waals surface area contributed by atoms with E-state index in [1.165, 1.54) is 6.07 Å². The van der Waals surface area contributed by atoms with Gasteiger partial charge in [-0.15, -0.1) is 0 Å². The molecule has 0 atom stereocenters. The molecule has 0 bridgehead atoms. The molecule has 0 radical (unpaired) electrons. The van der Waals surface area contributed by atoms with E-state index in [2.05, 4.69) is 43.8 Å². The second kappa shape index (κ2) is 5.27. The minimum Gasteiger partial charge on any atom is -0.375 e. The molecule has 15 heavy (non-hydrogen) atoms. The minimum atomic E-state index is -0.427. The molecule has 0 aliphatic heterocycles. The van der Waals surface area contributed by atoms with Crippen LogP contribution in [0.5, 0.6) is 0 Å². The van der Waals surface area contributed by atoms with E-state index in [0.29, 0.717) is 16.7 Å². The van der Waals surface area contributed by atoms with Crippen LogP contribution in [0.15, 0.2) is 33.7 Å². The van der Waals surface area contributed by atoms with Crippen LogP contribution >= 0.6 is 31.9 Å². The Morgan fingerprint density at radius 3 is 2.80 bits per heavy atom. The fourth-order valence-corrected chi connectivity index (χ4v) is 1.49. The van der Waals surface area contributed by atoms with Crippen LogP contribution in [0.25, 0.3) is 0 Å². The predicted molar refractivity (Wildman–Crippen MR) is 67.4 cm³/mol. The molecule has 0 heterocycles. The maximum atomic E-state index is 10.7. The van der Waals surface area contributed by atoms with Gasteiger partial charge in [-0.25, -0.2) is 0 Å². The normalized spacial score (nSPS) is 9.73. The number of hydrogen-bond donors (Lipinski definition) is 1. The van der Waals surface area contributed by atoms with Gasteiger partial charge in [0.1, 0.15) is 5.69 Å². The van der Waals surface area contributed by atoms with Gasteiger partial charge in [0.2, 0.25) is 0 Å². The van der Waals surface area contributed by atoms with E-state index < -0.39 is 4.92 Å². The average Bonchev–Trinajstić information content (AvgIpc) is 2.15. The van der Waals surface area contributed by atoms with E-state index in [0.717, 1.165) is 4.48 Å². The number of nitro benzene ring substituents is 1. The predicted octanol–water partition coefficient (Wildman–Crippen LogP) is 3.68. The van der Waals surface area contributed by atoms with Crippen molar-refractivity contribution in [3.63, 3.8) is 0 Å². The quantitative estimate of drug-likeness (QED) is 0.674. The molecule has 6 heteroatoms. The van der Waals surface area contributed by atoms with Gasteiger partial charge in [-0.3, -0.25) is 10.1 Å². The Hall–Kier alpha value is -0.880. The van der Waals surface area contributed by atoms with Gasteiger partial charge in [0.05, 0.1) is 4.92 Å². The molecule has 1 N–H and O–H groups in total. The highest BCUT2D eigenvalue weighted by Crippen LogP contribution is 2.28. The fourth-order valence-electron chi connectivity index (χ4n) is 0.996. The Morgan fingerprint density at radius 2 is 2.27 bits per heavy atom. The van der Waals surface area contributed by atoms with Gasteiger partial charge in [0.15, 0.2) is 0 Å². The highest BCUT2D eigenvalue weighted by molar-refractivity contribution is 9.11. The molecule has 1 rings (SSSR count). The summed E-state index contributed by atoms with van der Waals surface area (Å²) in [7, 11) is 0. The molecule has 0 aromatic heterocycles. The lowest BCUT2D eigenvalue weighted by Gasteiger charge is -2.05. The third kappa shape index (κ3) is 3.64. The Labute approximate surface area is 104 Å². The van der Waals surface area contributed by atoms with Gasteiger partial charge in [-0.1, -0.05) is 38.4 Å². The third-order valence-electron chi connectivity index (χ3n) is 1.63. The van der Waals surface area contributed by atoms with Crippen molar-refractivity contribution in [3.8, 4) is 0 Å². The third-order valence-corrected chi connectivity index (χ3v) is 2.40. The molecule has 0 spiro atoms. The number of hydrogen-bond acceptors (Lipinski definition) is 3. The maximum absolute atomic E-state index is 10.7. The van der Waals surface area contributed by atoms with Crippen molar-refractivity contribution >= 4 is 43.2 Å². The summed E-state index contributed by atoms with van der Waals surface area (Å²) in [6.45, 7) is 4.08. The lowest BCUT2D eigenvalue weighted by Crippen LogP contribution is -2.03. The lowest BCUT2D eigenvalue weighted by atomic mass is 10.2. The van der Waals surface area contributed by atoms with Crippen LogP contribution in [0, 0.1) is 10.1 Å². The van der Waals surface area contributed by atoms with Crippen LogP contribution in [-0.2, 0) is 0 Å². The monoisotopic (exact) mass is 334 g/mol. The number of nitrogens with zero attached hydrogens (tertiary/aromatic N) is 1. The zero-order valence-electron chi connectivity index (χ0n) is 7.67. The summed E-state index contributed by atoms with van der Waals surface area (Å²) in [5.41, 5.74) is 0.516. The zero-order valence-corrected chi connectivity index (χ0v) is 10.8. The van der Waals surface area contributed by atoms with E-state index in [1.54, 1.807) is 12.1 Å². The van der Waals surface area contributed by atoms with E-state index in [1.807, 2.05) is 0 Å². The Kier molecular flexibility index (Phi) is 4.28. The maximum Gasteiger partial charge on any atom is 0.293 e. The zero-order chi connectivity index (χ0) is 11.4. The van der Waals surface area contributed by atoms with Crippen molar-refractivity contribution < 1.29 is 4.92 Å². The summed E-state index contributed by atoms with van der Waals surface area (Å²) in [6, 6.07) is 4.85. The highest BCUT2D eigenvalue weighted by Gasteiger charge is 2.13. The summed E-state index contributed by atoms with van der Waals surface area (Å²) >= 11 is 6.36. The molecule has 0 amide bonds. The minimum absolute atomic E-state index is 0.0399. The number of anilines is 1. The van der Waals surface area contributed by atoms with Gasteiger partial charge in [-0.2, -0.15) is 0 Å². The van der Waals surface area contributed by atoms with Gasteiger partial charge in [-0.05, 0) is 12.1 Å². The highest BCUT2D eigenvalue weighted by atomic mass is 79.9. The number of benzene rings is 1. The van der Waals surface area contributed by atoms with E-state index >= 15 is 0 Å². The molecule has 1 aromatic carbocycles. The molecule has 0 aliphatic rings. The van der Waals surface area contributed by atoms with E-state index in [-0.39, 0.29) is 5.69 Å². The molecular weight excluding hydrogens is 328 g/mol. The van der Waals surface area contributed by atoms with Crippen molar-refractivity contribution in [2.45, 2.75) is 0 Å². The van der Waals surface area contributed by atoms with Gasteiger partial charge in [0.25, 0.3) is 5.69 Å². The first-order valence-electron chi connectivity index (χ1n) is 4.02. The molecule has 0 aliphatic carbocycles. The van der Waals surface area contributed by atoms with Crippen LogP contribution in [0.2, 0.25) is 0 Å². The molecular formula is C9H8Br2N2O2. The molecule has 80 valence electrons. The van der Waals surface area contributed by atoms with E-state index in [4.69, 9.17) is 0 Å². The topological polar surface area (TPSA) is 55.2 Å². The first-order valence-corrected chi connectivity index (χ1v) is 5.60. The summed E-state index contributed by atoms with van der Waals surface area (Å²) in [5, 5.41) is 13.6. The molecule has 0 saturated heterocycles. The van der Waals surface area contributed by atoms with Crippen molar-refractivity contribution in [3.05, 3.63) is 43.8 Å². The van der Waals surface area contributed by atoms with Gasteiger partial charge < -0.3 is 5.32 Å². The van der Waals surface area contributed by atoms with Crippen LogP contribution in [-0.4, -0.2) is 11.5 Å². The summed E-state index contributed by atoms with van der Waals surface area (Å²) < 4.78 is 1.41. The molecule has 4 nitrogen and oxygen atoms in total. The van der Waals surface area contributed by atoms with Crippen LogP contribution in [0.3, 0.4) is 0 Å². The molecule has 1 aromatic rings. The Bertz CT molecular complexity index is 407. The van der Waals surface area contributed by atoms with Crippen molar-refractivity contribution in [2.75, 3.05) is 11.9 Å². The Morgan fingerprint density at radius 1 is 1.60 bits per heavy atom. The second-order valence-electron chi connectivity index (χ2n) is 2.79. The molecule has 0 saturated carbocycles. The average molecular weight is 336 g/mol. The van der Waals surface area contributed by atoms with Crippen molar-refractivity contribution in [2.24, 2.45) is 0 Å². The SMILES string of the molecule is C=C(Br)CNc1ccc(Br)cc1[N+](=O)[O-]. The van der Waals surface area contributed by atoms with E-state index in [9.17, 15) is 10.1 Å². The first-order chi connectivity index (χ1) is 7.00. The van der Waals surface area contributed by atoms with Crippen LogP contribution in [0.4, 0.5) is 11.4 Å². The molecule has 0 unspecified atom stereocenters. The van der Waals surface area contributed by atoms with Crippen LogP contribution in [0.1, 0.15) is 0 Å². The number of nitro groups is 1. The second-order valence-corrected chi connectivity index (χ2v) is 4.83. The van der Waals surface area contributed by atoms with Crippen molar-refractivity contribution in [1.82, 2.24) is 0 Å². The summed E-state index contributed by atoms with van der Waals surface area (Å²) in [5.74, 6) is 0. The smallest absolute Gasteiger partial charge is 0.293 e. The van der Waals surface area contributed by atoms with Gasteiger partial charge >= 0.3 is 0 Å². The summed E-state index contributed by atoms with van der Waals surface area (Å²) in [6.07, 6.45) is 0. The molecule has 0 fully saturated rings. The number of halogens is 2. The first kappa shape index (κ1) is 12.2. The lowest BCUT2D eigenvalue weighted by molar-refractivity contribution is -0.384. The Balaban J connectivity index is 2.95. The largest absolute Gasteiger partial charge is 0.375 e. The van der Waals surface area contributed by atoms with Gasteiger partial charge in [0, 0.05) is 21.6 Å². The fraction of sp³-hybridized carbons (Fsp3) is 0.111. The number of rotatable bonds is 4. The number of nitrogens with one attached hydrogen (secondary N) is 1. The van der Waals surface area contributed by atoms with Crippen LogP contribution < -0.4 is 5.32 Å². The standard InChI is InChI=1S/C9H8Br2N2O2/c1-6(10)5-12-8-3-2-7(11)4-9(8)13(14)15/h2-4,12H,1,5H2. The summed E-state index contributed by atoms with van der Waals surface area (Å²) in [4.78, 5) is 10.3.